The number of para-hydroxylation sites is 1. The van der Waals surface area contributed by atoms with Gasteiger partial charge in [0.2, 0.25) is 0 Å². The molecule has 1 aromatic heterocycles. The van der Waals surface area contributed by atoms with Gasteiger partial charge in [0.25, 0.3) is 0 Å². The summed E-state index contributed by atoms with van der Waals surface area (Å²) in [6.07, 6.45) is 3.79. The second-order valence-corrected chi connectivity index (χ2v) is 5.02. The summed E-state index contributed by atoms with van der Waals surface area (Å²) >= 11 is 0. The zero-order valence-electron chi connectivity index (χ0n) is 11.8. The molecular weight excluding hydrogens is 236 g/mol. The second kappa shape index (κ2) is 5.89. The van der Waals surface area contributed by atoms with Crippen LogP contribution in [-0.4, -0.2) is 23.1 Å². The van der Waals surface area contributed by atoms with Crippen molar-refractivity contribution in [2.24, 2.45) is 5.73 Å². The molecule has 4 heteroatoms. The van der Waals surface area contributed by atoms with Crippen LogP contribution in [0.15, 0.2) is 42.9 Å². The lowest BCUT2D eigenvalue weighted by Gasteiger charge is -2.30. The van der Waals surface area contributed by atoms with E-state index < -0.39 is 0 Å². The molecular formula is C15H22N4. The minimum atomic E-state index is 0.132. The van der Waals surface area contributed by atoms with Gasteiger partial charge in [-0.2, -0.15) is 0 Å². The van der Waals surface area contributed by atoms with Crippen LogP contribution in [0.1, 0.15) is 31.6 Å². The highest BCUT2D eigenvalue weighted by atomic mass is 15.2. The van der Waals surface area contributed by atoms with Gasteiger partial charge in [0, 0.05) is 25.3 Å². The van der Waals surface area contributed by atoms with Gasteiger partial charge >= 0.3 is 0 Å². The van der Waals surface area contributed by atoms with Gasteiger partial charge in [-0.05, 0) is 26.0 Å². The van der Waals surface area contributed by atoms with E-state index in [1.165, 1.54) is 0 Å². The topological polar surface area (TPSA) is 47.1 Å². The van der Waals surface area contributed by atoms with Crippen LogP contribution in [0.25, 0.3) is 0 Å². The molecule has 1 atom stereocenters. The van der Waals surface area contributed by atoms with E-state index in [2.05, 4.69) is 47.5 Å². The Hall–Kier alpha value is -1.81. The fourth-order valence-corrected chi connectivity index (χ4v) is 2.32. The average Bonchev–Trinajstić information content (AvgIpc) is 2.90. The zero-order valence-corrected chi connectivity index (χ0v) is 11.8. The predicted octanol–water partition coefficient (Wildman–Crippen LogP) is 2.60. The molecule has 0 spiro atoms. The van der Waals surface area contributed by atoms with Crippen LogP contribution >= 0.6 is 0 Å². The van der Waals surface area contributed by atoms with Gasteiger partial charge in [0.1, 0.15) is 0 Å². The zero-order chi connectivity index (χ0) is 13.8. The molecule has 102 valence electrons. The molecule has 1 unspecified atom stereocenters. The fraction of sp³-hybridized carbons (Fsp3) is 0.400. The minimum absolute atomic E-state index is 0.132. The first kappa shape index (κ1) is 13.6. The van der Waals surface area contributed by atoms with Crippen molar-refractivity contribution in [2.45, 2.75) is 25.9 Å². The second-order valence-electron chi connectivity index (χ2n) is 5.02. The maximum atomic E-state index is 5.99. The van der Waals surface area contributed by atoms with E-state index in [0.717, 1.165) is 11.4 Å². The van der Waals surface area contributed by atoms with Crippen molar-refractivity contribution in [3.63, 3.8) is 0 Å². The quantitative estimate of drug-likeness (QED) is 0.896. The number of benzene rings is 1. The summed E-state index contributed by atoms with van der Waals surface area (Å²) in [6, 6.07) is 10.8. The highest BCUT2D eigenvalue weighted by Crippen LogP contribution is 2.26. The standard InChI is InChI=1S/C15H22N4/c1-12(2)19-11-17-10-15(19)14(9-16)18(3)13-7-5-4-6-8-13/h4-8,10-12,14H,9,16H2,1-3H3. The molecule has 2 aromatic rings. The van der Waals surface area contributed by atoms with Crippen LogP contribution in [0.4, 0.5) is 5.69 Å². The van der Waals surface area contributed by atoms with E-state index in [4.69, 9.17) is 5.73 Å². The maximum Gasteiger partial charge on any atom is 0.0951 e. The number of hydrogen-bond acceptors (Lipinski definition) is 3. The lowest BCUT2D eigenvalue weighted by molar-refractivity contribution is 0.533. The molecule has 1 heterocycles. The van der Waals surface area contributed by atoms with E-state index in [-0.39, 0.29) is 6.04 Å². The molecule has 0 aliphatic rings. The van der Waals surface area contributed by atoms with Crippen molar-refractivity contribution in [2.75, 3.05) is 18.5 Å². The molecule has 0 radical (unpaired) electrons. The summed E-state index contributed by atoms with van der Waals surface area (Å²) in [5.74, 6) is 0. The third-order valence-corrected chi connectivity index (χ3v) is 3.45. The van der Waals surface area contributed by atoms with E-state index in [1.807, 2.05) is 30.7 Å². The first-order valence-corrected chi connectivity index (χ1v) is 6.64. The van der Waals surface area contributed by atoms with Crippen molar-refractivity contribution < 1.29 is 0 Å². The minimum Gasteiger partial charge on any atom is -0.365 e. The Labute approximate surface area is 114 Å². The normalized spacial score (nSPS) is 12.7. The van der Waals surface area contributed by atoms with Gasteiger partial charge in [-0.3, -0.25) is 0 Å². The van der Waals surface area contributed by atoms with Gasteiger partial charge in [-0.25, -0.2) is 4.98 Å². The van der Waals surface area contributed by atoms with Gasteiger partial charge in [0.05, 0.1) is 24.3 Å². The highest BCUT2D eigenvalue weighted by Gasteiger charge is 2.20. The Kier molecular flexibility index (Phi) is 4.22. The van der Waals surface area contributed by atoms with Gasteiger partial charge in [-0.15, -0.1) is 0 Å². The summed E-state index contributed by atoms with van der Waals surface area (Å²) in [5.41, 5.74) is 8.31. The number of nitrogens with zero attached hydrogens (tertiary/aromatic N) is 3. The molecule has 0 amide bonds. The van der Waals surface area contributed by atoms with E-state index in [9.17, 15) is 0 Å². The van der Waals surface area contributed by atoms with Crippen LogP contribution in [0.5, 0.6) is 0 Å². The third-order valence-electron chi connectivity index (χ3n) is 3.45. The van der Waals surface area contributed by atoms with Crippen LogP contribution in [0.2, 0.25) is 0 Å². The van der Waals surface area contributed by atoms with Gasteiger partial charge < -0.3 is 15.2 Å². The molecule has 0 aliphatic carbocycles. The van der Waals surface area contributed by atoms with Crippen LogP contribution in [0.3, 0.4) is 0 Å². The van der Waals surface area contributed by atoms with E-state index >= 15 is 0 Å². The molecule has 2 rings (SSSR count). The lowest BCUT2D eigenvalue weighted by Crippen LogP contribution is -2.32. The molecule has 0 aliphatic heterocycles. The molecule has 4 nitrogen and oxygen atoms in total. The molecule has 0 fully saturated rings. The van der Waals surface area contributed by atoms with E-state index in [0.29, 0.717) is 12.6 Å². The van der Waals surface area contributed by atoms with Crippen LogP contribution < -0.4 is 10.6 Å². The average molecular weight is 258 g/mol. The molecule has 0 saturated carbocycles. The number of hydrogen-bond donors (Lipinski definition) is 1. The summed E-state index contributed by atoms with van der Waals surface area (Å²) in [7, 11) is 2.07. The lowest BCUT2D eigenvalue weighted by atomic mass is 10.1. The number of nitrogens with two attached hydrogens (primary N) is 1. The Bertz CT molecular complexity index is 504. The number of anilines is 1. The van der Waals surface area contributed by atoms with Gasteiger partial charge in [-0.1, -0.05) is 18.2 Å². The Morgan fingerprint density at radius 2 is 1.95 bits per heavy atom. The van der Waals surface area contributed by atoms with Crippen molar-refractivity contribution >= 4 is 5.69 Å². The largest absolute Gasteiger partial charge is 0.365 e. The Balaban J connectivity index is 2.32. The van der Waals surface area contributed by atoms with Crippen molar-refractivity contribution in [3.8, 4) is 0 Å². The first-order chi connectivity index (χ1) is 9.15. The van der Waals surface area contributed by atoms with Crippen molar-refractivity contribution in [3.05, 3.63) is 48.5 Å². The smallest absolute Gasteiger partial charge is 0.0951 e. The maximum absolute atomic E-state index is 5.99. The van der Waals surface area contributed by atoms with Crippen LogP contribution in [-0.2, 0) is 0 Å². The van der Waals surface area contributed by atoms with Gasteiger partial charge in [0.15, 0.2) is 0 Å². The highest BCUT2D eigenvalue weighted by molar-refractivity contribution is 5.47. The SMILES string of the molecule is CC(C)n1cncc1C(CN)N(C)c1ccccc1. The molecule has 2 N–H and O–H groups in total. The Morgan fingerprint density at radius 1 is 1.26 bits per heavy atom. The van der Waals surface area contributed by atoms with Crippen LogP contribution in [0, 0.1) is 0 Å². The summed E-state index contributed by atoms with van der Waals surface area (Å²) < 4.78 is 2.18. The summed E-state index contributed by atoms with van der Waals surface area (Å²) in [4.78, 5) is 6.47. The number of rotatable bonds is 5. The molecule has 0 bridgehead atoms. The fourth-order valence-electron chi connectivity index (χ4n) is 2.32. The molecule has 19 heavy (non-hydrogen) atoms. The molecule has 0 saturated heterocycles. The van der Waals surface area contributed by atoms with Crippen molar-refractivity contribution in [1.29, 1.82) is 0 Å². The molecule has 1 aromatic carbocycles. The van der Waals surface area contributed by atoms with E-state index in [1.54, 1.807) is 0 Å². The monoisotopic (exact) mass is 258 g/mol. The summed E-state index contributed by atoms with van der Waals surface area (Å²) in [5, 5.41) is 0. The third kappa shape index (κ3) is 2.79. The number of imidazole rings is 1. The predicted molar refractivity (Wildman–Crippen MR) is 79.3 cm³/mol. The van der Waals surface area contributed by atoms with Crippen molar-refractivity contribution in [1.82, 2.24) is 9.55 Å². The number of likely N-dealkylation sites (N-methyl/N-ethyl adjacent to an activating group) is 1. The summed E-state index contributed by atoms with van der Waals surface area (Å²) in [6.45, 7) is 4.87. The first-order valence-electron chi connectivity index (χ1n) is 6.64. The Morgan fingerprint density at radius 3 is 2.53 bits per heavy atom. The number of aromatic nitrogens is 2.